The summed E-state index contributed by atoms with van der Waals surface area (Å²) >= 11 is 0. The quantitative estimate of drug-likeness (QED) is 0.227. The number of nitrogens with zero attached hydrogens (tertiary/aromatic N) is 2. The smallest absolute Gasteiger partial charge is 0.311 e. The second-order valence-electron chi connectivity index (χ2n) is 10.4. The SMILES string of the molecule is CCC(CO)(CO)NC(=O)[C@@H]1CCCN1Cc1ccc(OCc2cccc(-c3ccccc3)c2C)c([N+](=O)[O-])c1. The molecular weight excluding hydrogens is 510 g/mol. The molecule has 0 bridgehead atoms. The third-order valence-corrected chi connectivity index (χ3v) is 7.86. The summed E-state index contributed by atoms with van der Waals surface area (Å²) in [7, 11) is 0. The fourth-order valence-electron chi connectivity index (χ4n) is 5.18. The Labute approximate surface area is 234 Å². The molecule has 3 N–H and O–H groups in total. The van der Waals surface area contributed by atoms with Crippen molar-refractivity contribution in [1.82, 2.24) is 10.2 Å². The Morgan fingerprint density at radius 1 is 1.12 bits per heavy atom. The number of amides is 1. The minimum atomic E-state index is -1.07. The average Bonchev–Trinajstić information content (AvgIpc) is 3.44. The molecule has 1 aliphatic heterocycles. The van der Waals surface area contributed by atoms with Crippen molar-refractivity contribution < 1.29 is 24.7 Å². The van der Waals surface area contributed by atoms with Crippen LogP contribution in [-0.4, -0.2) is 57.3 Å². The number of carbonyl (C=O) groups is 1. The van der Waals surface area contributed by atoms with Gasteiger partial charge in [-0.25, -0.2) is 0 Å². The Hall–Kier alpha value is -3.79. The van der Waals surface area contributed by atoms with Gasteiger partial charge in [-0.15, -0.1) is 0 Å². The lowest BCUT2D eigenvalue weighted by Gasteiger charge is -2.33. The van der Waals surface area contributed by atoms with Crippen LogP contribution < -0.4 is 10.1 Å². The van der Waals surface area contributed by atoms with E-state index in [1.807, 2.05) is 60.4 Å². The molecule has 9 heteroatoms. The number of hydrogen-bond acceptors (Lipinski definition) is 7. The summed E-state index contributed by atoms with van der Waals surface area (Å²) in [6, 6.07) is 20.5. The number of carbonyl (C=O) groups excluding carboxylic acids is 1. The third kappa shape index (κ3) is 6.50. The van der Waals surface area contributed by atoms with Gasteiger partial charge in [0.15, 0.2) is 5.75 Å². The van der Waals surface area contributed by atoms with Crippen molar-refractivity contribution in [3.8, 4) is 16.9 Å². The van der Waals surface area contributed by atoms with Gasteiger partial charge in [0.2, 0.25) is 5.91 Å². The predicted molar refractivity (Wildman–Crippen MR) is 153 cm³/mol. The minimum Gasteiger partial charge on any atom is -0.482 e. The maximum atomic E-state index is 13.0. The molecule has 0 saturated carbocycles. The van der Waals surface area contributed by atoms with Gasteiger partial charge in [0.05, 0.1) is 29.7 Å². The highest BCUT2D eigenvalue weighted by Gasteiger charge is 2.36. The zero-order chi connectivity index (χ0) is 28.7. The second kappa shape index (κ2) is 13.0. The van der Waals surface area contributed by atoms with Crippen LogP contribution in [0.2, 0.25) is 0 Å². The van der Waals surface area contributed by atoms with E-state index in [0.29, 0.717) is 31.5 Å². The predicted octanol–water partition coefficient (Wildman–Crippen LogP) is 4.36. The molecule has 0 aliphatic carbocycles. The maximum absolute atomic E-state index is 13.0. The third-order valence-electron chi connectivity index (χ3n) is 7.86. The summed E-state index contributed by atoms with van der Waals surface area (Å²) in [5.41, 5.74) is 3.69. The molecule has 212 valence electrons. The molecule has 0 aromatic heterocycles. The normalized spacial score (nSPS) is 15.7. The maximum Gasteiger partial charge on any atom is 0.311 e. The molecule has 40 heavy (non-hydrogen) atoms. The molecule has 1 atom stereocenters. The number of likely N-dealkylation sites (tertiary alicyclic amines) is 1. The number of benzene rings is 3. The van der Waals surface area contributed by atoms with Crippen LogP contribution in [0.5, 0.6) is 5.75 Å². The number of nitro groups is 1. The largest absolute Gasteiger partial charge is 0.482 e. The molecule has 1 heterocycles. The van der Waals surface area contributed by atoms with Crippen LogP contribution in [-0.2, 0) is 17.9 Å². The number of rotatable bonds is 12. The van der Waals surface area contributed by atoms with E-state index in [1.54, 1.807) is 19.1 Å². The summed E-state index contributed by atoms with van der Waals surface area (Å²) in [6.45, 7) is 4.31. The summed E-state index contributed by atoms with van der Waals surface area (Å²) in [5.74, 6) is -0.0717. The molecule has 0 spiro atoms. The van der Waals surface area contributed by atoms with Crippen LogP contribution in [0.4, 0.5) is 5.69 Å². The molecule has 0 radical (unpaired) electrons. The topological polar surface area (TPSA) is 125 Å². The Morgan fingerprint density at radius 3 is 2.55 bits per heavy atom. The first-order chi connectivity index (χ1) is 19.3. The Balaban J connectivity index is 1.47. The highest BCUT2D eigenvalue weighted by atomic mass is 16.6. The monoisotopic (exact) mass is 547 g/mol. The summed E-state index contributed by atoms with van der Waals surface area (Å²) in [6.07, 6.45) is 1.83. The van der Waals surface area contributed by atoms with Crippen molar-refractivity contribution in [3.63, 3.8) is 0 Å². The average molecular weight is 548 g/mol. The van der Waals surface area contributed by atoms with Gasteiger partial charge in [-0.05, 0) is 66.6 Å². The highest BCUT2D eigenvalue weighted by molar-refractivity contribution is 5.82. The van der Waals surface area contributed by atoms with E-state index in [4.69, 9.17) is 4.74 Å². The number of aliphatic hydroxyl groups is 2. The van der Waals surface area contributed by atoms with Gasteiger partial charge in [0, 0.05) is 12.6 Å². The van der Waals surface area contributed by atoms with Gasteiger partial charge in [0.1, 0.15) is 6.61 Å². The van der Waals surface area contributed by atoms with E-state index in [2.05, 4.69) is 5.32 Å². The van der Waals surface area contributed by atoms with E-state index >= 15 is 0 Å². The van der Waals surface area contributed by atoms with Gasteiger partial charge < -0.3 is 20.3 Å². The van der Waals surface area contributed by atoms with E-state index in [9.17, 15) is 25.1 Å². The zero-order valence-corrected chi connectivity index (χ0v) is 23.0. The molecule has 3 aromatic rings. The Kier molecular flexibility index (Phi) is 9.52. The van der Waals surface area contributed by atoms with E-state index < -0.39 is 16.5 Å². The fourth-order valence-corrected chi connectivity index (χ4v) is 5.18. The molecule has 4 rings (SSSR count). The molecule has 0 unspecified atom stereocenters. The van der Waals surface area contributed by atoms with Crippen LogP contribution in [0.25, 0.3) is 11.1 Å². The van der Waals surface area contributed by atoms with Gasteiger partial charge >= 0.3 is 5.69 Å². The molecular formula is C31H37N3O6. The van der Waals surface area contributed by atoms with Crippen LogP contribution in [0.15, 0.2) is 66.7 Å². The first-order valence-electron chi connectivity index (χ1n) is 13.6. The number of ether oxygens (including phenoxy) is 1. The van der Waals surface area contributed by atoms with Gasteiger partial charge in [-0.1, -0.05) is 61.5 Å². The lowest BCUT2D eigenvalue weighted by Crippen LogP contribution is -2.57. The van der Waals surface area contributed by atoms with Crippen LogP contribution in [0.3, 0.4) is 0 Å². The Morgan fingerprint density at radius 2 is 1.88 bits per heavy atom. The first kappa shape index (κ1) is 29.2. The molecule has 1 saturated heterocycles. The molecule has 1 aliphatic rings. The Bertz CT molecular complexity index is 1320. The summed E-state index contributed by atoms with van der Waals surface area (Å²) < 4.78 is 5.97. The van der Waals surface area contributed by atoms with Crippen LogP contribution in [0.1, 0.15) is 42.9 Å². The van der Waals surface area contributed by atoms with Crippen molar-refractivity contribution in [2.75, 3.05) is 19.8 Å². The van der Waals surface area contributed by atoms with E-state index in [-0.39, 0.29) is 37.2 Å². The van der Waals surface area contributed by atoms with Gasteiger partial charge in [-0.2, -0.15) is 0 Å². The first-order valence-corrected chi connectivity index (χ1v) is 13.6. The van der Waals surface area contributed by atoms with Crippen molar-refractivity contribution in [1.29, 1.82) is 0 Å². The fraction of sp³-hybridized carbons (Fsp3) is 0.387. The van der Waals surface area contributed by atoms with Crippen LogP contribution in [0, 0.1) is 17.0 Å². The lowest BCUT2D eigenvalue weighted by atomic mass is 9.97. The van der Waals surface area contributed by atoms with Crippen molar-refractivity contribution >= 4 is 11.6 Å². The summed E-state index contributed by atoms with van der Waals surface area (Å²) in [5, 5.41) is 34.2. The molecule has 9 nitrogen and oxygen atoms in total. The number of aliphatic hydroxyl groups excluding tert-OH is 2. The highest BCUT2D eigenvalue weighted by Crippen LogP contribution is 2.32. The second-order valence-corrected chi connectivity index (χ2v) is 10.4. The molecule has 1 fully saturated rings. The van der Waals surface area contributed by atoms with E-state index in [0.717, 1.165) is 28.7 Å². The van der Waals surface area contributed by atoms with E-state index in [1.165, 1.54) is 6.07 Å². The van der Waals surface area contributed by atoms with Crippen molar-refractivity contribution in [2.24, 2.45) is 0 Å². The standard InChI is InChI=1S/C31H37N3O6/c1-3-31(20-35,21-36)32-30(37)27-13-8-16-33(27)18-23-14-15-29(28(17-23)34(38)39)40-19-25-11-7-12-26(22(25)2)24-9-5-4-6-10-24/h4-7,9-12,14-15,17,27,35-36H,3,8,13,16,18-21H2,1-2H3,(H,32,37)/t27-/m0/s1. The van der Waals surface area contributed by atoms with Gasteiger partial charge in [0.25, 0.3) is 0 Å². The van der Waals surface area contributed by atoms with Crippen molar-refractivity contribution in [2.45, 2.75) is 57.8 Å². The summed E-state index contributed by atoms with van der Waals surface area (Å²) in [4.78, 5) is 26.5. The minimum absolute atomic E-state index is 0.125. The number of hydrogen-bond donors (Lipinski definition) is 3. The molecule has 3 aromatic carbocycles. The zero-order valence-electron chi connectivity index (χ0n) is 23.0. The number of nitrogens with one attached hydrogen (secondary N) is 1. The van der Waals surface area contributed by atoms with Crippen LogP contribution >= 0.6 is 0 Å². The van der Waals surface area contributed by atoms with Gasteiger partial charge in [-0.3, -0.25) is 19.8 Å². The lowest BCUT2D eigenvalue weighted by molar-refractivity contribution is -0.386. The number of nitro benzene ring substituents is 1. The van der Waals surface area contributed by atoms with Crippen molar-refractivity contribution in [3.05, 3.63) is 93.5 Å². The molecule has 1 amide bonds.